The fourth-order valence-corrected chi connectivity index (χ4v) is 2.95. The SMILES string of the molecule is CC(C)(C)OC(=O)NC1(CNc2nonc2C(=NO)Nc2ccc(F)c(Br)c2)CC1. The van der Waals surface area contributed by atoms with Crippen LogP contribution in [0.25, 0.3) is 0 Å². The quantitative estimate of drug-likeness (QED) is 0.211. The predicted octanol–water partition coefficient (Wildman–Crippen LogP) is 3.69. The number of amides is 1. The molecular weight excluding hydrogens is 463 g/mol. The molecular formula is C18H22BrFN6O4. The summed E-state index contributed by atoms with van der Waals surface area (Å²) in [7, 11) is 0. The number of carbonyl (C=O) groups excluding carboxylic acids is 1. The number of amidine groups is 1. The van der Waals surface area contributed by atoms with E-state index in [-0.39, 0.29) is 21.8 Å². The van der Waals surface area contributed by atoms with Gasteiger partial charge in [-0.15, -0.1) is 0 Å². The minimum Gasteiger partial charge on any atom is -0.444 e. The molecule has 0 spiro atoms. The Bertz CT molecular complexity index is 954. The monoisotopic (exact) mass is 484 g/mol. The molecule has 1 fully saturated rings. The van der Waals surface area contributed by atoms with Crippen LogP contribution in [-0.4, -0.2) is 45.1 Å². The Hall–Kier alpha value is -2.89. The van der Waals surface area contributed by atoms with Crippen LogP contribution in [0.15, 0.2) is 32.5 Å². The summed E-state index contributed by atoms with van der Waals surface area (Å²) >= 11 is 3.09. The van der Waals surface area contributed by atoms with E-state index in [0.717, 1.165) is 12.8 Å². The molecule has 1 aliphatic rings. The molecule has 0 atom stereocenters. The lowest BCUT2D eigenvalue weighted by Gasteiger charge is -2.23. The Morgan fingerprint density at radius 3 is 2.73 bits per heavy atom. The summed E-state index contributed by atoms with van der Waals surface area (Å²) < 4.78 is 23.7. The van der Waals surface area contributed by atoms with Crippen LogP contribution in [0.3, 0.4) is 0 Å². The number of anilines is 2. The zero-order valence-electron chi connectivity index (χ0n) is 16.6. The largest absolute Gasteiger partial charge is 0.444 e. The third-order valence-corrected chi connectivity index (χ3v) is 4.82. The van der Waals surface area contributed by atoms with E-state index in [1.165, 1.54) is 18.2 Å². The van der Waals surface area contributed by atoms with Gasteiger partial charge in [0.1, 0.15) is 11.4 Å². The van der Waals surface area contributed by atoms with Gasteiger partial charge in [0.15, 0.2) is 5.69 Å². The van der Waals surface area contributed by atoms with Gasteiger partial charge in [0, 0.05) is 12.2 Å². The highest BCUT2D eigenvalue weighted by atomic mass is 79.9. The van der Waals surface area contributed by atoms with Gasteiger partial charge >= 0.3 is 6.09 Å². The van der Waals surface area contributed by atoms with Gasteiger partial charge in [-0.2, -0.15) is 0 Å². The molecule has 0 bridgehead atoms. The molecule has 1 aromatic heterocycles. The number of hydrogen-bond acceptors (Lipinski definition) is 8. The van der Waals surface area contributed by atoms with Crippen LogP contribution < -0.4 is 16.0 Å². The van der Waals surface area contributed by atoms with Crippen molar-refractivity contribution in [3.05, 3.63) is 34.2 Å². The minimum absolute atomic E-state index is 0.0535. The number of alkyl carbamates (subject to hydrolysis) is 1. The van der Waals surface area contributed by atoms with Crippen LogP contribution in [-0.2, 0) is 4.74 Å². The number of halogens is 2. The van der Waals surface area contributed by atoms with Crippen molar-refractivity contribution in [2.24, 2.45) is 5.16 Å². The van der Waals surface area contributed by atoms with E-state index in [0.29, 0.717) is 12.2 Å². The fraction of sp³-hybridized carbons (Fsp3) is 0.444. The molecule has 1 aromatic carbocycles. The highest BCUT2D eigenvalue weighted by Crippen LogP contribution is 2.36. The van der Waals surface area contributed by atoms with Crippen molar-refractivity contribution >= 4 is 39.4 Å². The first-order chi connectivity index (χ1) is 14.1. The lowest BCUT2D eigenvalue weighted by molar-refractivity contribution is 0.0500. The van der Waals surface area contributed by atoms with Crippen molar-refractivity contribution in [1.29, 1.82) is 0 Å². The Morgan fingerprint density at radius 1 is 1.40 bits per heavy atom. The molecule has 0 aliphatic heterocycles. The van der Waals surface area contributed by atoms with E-state index in [4.69, 9.17) is 9.37 Å². The third-order valence-electron chi connectivity index (χ3n) is 4.21. The Morgan fingerprint density at radius 2 is 2.13 bits per heavy atom. The maximum Gasteiger partial charge on any atom is 0.408 e. The lowest BCUT2D eigenvalue weighted by Crippen LogP contribution is -2.44. The van der Waals surface area contributed by atoms with E-state index in [9.17, 15) is 14.4 Å². The summed E-state index contributed by atoms with van der Waals surface area (Å²) in [5, 5.41) is 28.9. The Kier molecular flexibility index (Phi) is 6.15. The summed E-state index contributed by atoms with van der Waals surface area (Å²) in [6.07, 6.45) is 1.03. The van der Waals surface area contributed by atoms with E-state index in [2.05, 4.69) is 47.3 Å². The molecule has 4 N–H and O–H groups in total. The molecule has 1 heterocycles. The summed E-state index contributed by atoms with van der Waals surface area (Å²) in [6, 6.07) is 4.20. The molecule has 3 rings (SSSR count). The van der Waals surface area contributed by atoms with Crippen LogP contribution in [0.1, 0.15) is 39.3 Å². The normalized spacial score (nSPS) is 15.4. The maximum atomic E-state index is 13.4. The third kappa shape index (κ3) is 5.59. The van der Waals surface area contributed by atoms with Crippen molar-refractivity contribution in [3.63, 3.8) is 0 Å². The number of rotatable bonds is 6. The van der Waals surface area contributed by atoms with E-state index < -0.39 is 23.1 Å². The van der Waals surface area contributed by atoms with Crippen molar-refractivity contribution < 1.29 is 23.8 Å². The Balaban J connectivity index is 1.64. The van der Waals surface area contributed by atoms with Crippen LogP contribution in [0, 0.1) is 5.82 Å². The van der Waals surface area contributed by atoms with Gasteiger partial charge in [0.25, 0.3) is 0 Å². The molecule has 1 amide bonds. The lowest BCUT2D eigenvalue weighted by atomic mass is 10.2. The van der Waals surface area contributed by atoms with Gasteiger partial charge in [0.05, 0.1) is 10.0 Å². The first kappa shape index (κ1) is 21.8. The molecule has 0 unspecified atom stereocenters. The number of benzene rings is 1. The zero-order valence-corrected chi connectivity index (χ0v) is 18.2. The molecule has 12 heteroatoms. The van der Waals surface area contributed by atoms with Gasteiger partial charge in [-0.1, -0.05) is 5.16 Å². The average molecular weight is 485 g/mol. The van der Waals surface area contributed by atoms with Crippen molar-refractivity contribution in [2.45, 2.75) is 44.8 Å². The number of aromatic nitrogens is 2. The average Bonchev–Trinajstić information content (AvgIpc) is 3.24. The second-order valence-corrected chi connectivity index (χ2v) is 8.78. The van der Waals surface area contributed by atoms with Gasteiger partial charge < -0.3 is 25.9 Å². The molecule has 0 saturated heterocycles. The number of hydrogen-bond donors (Lipinski definition) is 4. The van der Waals surface area contributed by atoms with E-state index >= 15 is 0 Å². The van der Waals surface area contributed by atoms with Gasteiger partial charge in [-0.05, 0) is 78.1 Å². The molecule has 10 nitrogen and oxygen atoms in total. The highest BCUT2D eigenvalue weighted by molar-refractivity contribution is 9.10. The first-order valence-electron chi connectivity index (χ1n) is 9.13. The number of oxime groups is 1. The molecule has 30 heavy (non-hydrogen) atoms. The second kappa shape index (κ2) is 8.46. The minimum atomic E-state index is -0.593. The number of nitrogens with one attached hydrogen (secondary N) is 3. The van der Waals surface area contributed by atoms with Gasteiger partial charge in [-0.25, -0.2) is 13.8 Å². The zero-order chi connectivity index (χ0) is 21.9. The van der Waals surface area contributed by atoms with Gasteiger partial charge in [0.2, 0.25) is 11.7 Å². The summed E-state index contributed by atoms with van der Waals surface area (Å²) in [4.78, 5) is 12.1. The highest BCUT2D eigenvalue weighted by Gasteiger charge is 2.45. The van der Waals surface area contributed by atoms with Crippen molar-refractivity contribution in [1.82, 2.24) is 15.6 Å². The van der Waals surface area contributed by atoms with E-state index in [1.54, 1.807) is 20.8 Å². The first-order valence-corrected chi connectivity index (χ1v) is 9.92. The molecule has 162 valence electrons. The number of ether oxygens (including phenoxy) is 1. The summed E-state index contributed by atoms with van der Waals surface area (Å²) in [5.74, 6) is -0.267. The maximum absolute atomic E-state index is 13.4. The molecule has 2 aromatic rings. The molecule has 0 radical (unpaired) electrons. The Labute approximate surface area is 180 Å². The van der Waals surface area contributed by atoms with Crippen molar-refractivity contribution in [3.8, 4) is 0 Å². The van der Waals surface area contributed by atoms with E-state index in [1.807, 2.05) is 0 Å². The van der Waals surface area contributed by atoms with Crippen LogP contribution in [0.5, 0.6) is 0 Å². The van der Waals surface area contributed by atoms with Crippen LogP contribution in [0.2, 0.25) is 0 Å². The summed E-state index contributed by atoms with van der Waals surface area (Å²) in [6.45, 7) is 5.72. The summed E-state index contributed by atoms with van der Waals surface area (Å²) in [5.41, 5.74) is -0.490. The molecule has 1 saturated carbocycles. The van der Waals surface area contributed by atoms with Crippen LogP contribution >= 0.6 is 15.9 Å². The fourth-order valence-electron chi connectivity index (χ4n) is 2.57. The number of nitrogens with zero attached hydrogens (tertiary/aromatic N) is 3. The van der Waals surface area contributed by atoms with Crippen LogP contribution in [0.4, 0.5) is 20.7 Å². The molecule has 1 aliphatic carbocycles. The topological polar surface area (TPSA) is 134 Å². The number of carbonyl (C=O) groups is 1. The second-order valence-electron chi connectivity index (χ2n) is 7.92. The van der Waals surface area contributed by atoms with Gasteiger partial charge in [-0.3, -0.25) is 0 Å². The standard InChI is InChI=1S/C18H22BrFN6O4/c1-17(2,3)29-16(27)23-18(6-7-18)9-21-14-13(25-30-26-14)15(24-28)22-10-4-5-12(20)11(19)8-10/h4-5,8,28H,6-7,9H2,1-3H3,(H,21,26)(H,22,24)(H,23,27). The predicted molar refractivity (Wildman–Crippen MR) is 110 cm³/mol. The smallest absolute Gasteiger partial charge is 0.408 e. The van der Waals surface area contributed by atoms with Crippen molar-refractivity contribution in [2.75, 3.05) is 17.2 Å².